The molecular formula is C12H14BrNO5. The summed E-state index contributed by atoms with van der Waals surface area (Å²) in [6, 6.07) is 2.39. The highest BCUT2D eigenvalue weighted by Gasteiger charge is 2.44. The van der Waals surface area contributed by atoms with Crippen molar-refractivity contribution in [2.75, 3.05) is 6.61 Å². The number of morpholine rings is 1. The van der Waals surface area contributed by atoms with Gasteiger partial charge < -0.3 is 19.2 Å². The molecule has 2 unspecified atom stereocenters. The van der Waals surface area contributed by atoms with Gasteiger partial charge in [0.05, 0.1) is 0 Å². The van der Waals surface area contributed by atoms with E-state index in [2.05, 4.69) is 15.9 Å². The molecule has 7 heteroatoms. The maximum absolute atomic E-state index is 11.9. The van der Waals surface area contributed by atoms with E-state index in [0.29, 0.717) is 10.4 Å². The summed E-state index contributed by atoms with van der Waals surface area (Å²) in [4.78, 5) is 24.7. The van der Waals surface area contributed by atoms with Crippen LogP contribution in [0.5, 0.6) is 0 Å². The second-order valence-corrected chi connectivity index (χ2v) is 5.33. The van der Waals surface area contributed by atoms with Gasteiger partial charge in [0.1, 0.15) is 18.4 Å². The van der Waals surface area contributed by atoms with Crippen molar-refractivity contribution in [2.24, 2.45) is 0 Å². The van der Waals surface area contributed by atoms with Crippen molar-refractivity contribution in [3.05, 3.63) is 22.6 Å². The van der Waals surface area contributed by atoms with Gasteiger partial charge in [0.2, 0.25) is 5.91 Å². The minimum absolute atomic E-state index is 0.146. The van der Waals surface area contributed by atoms with Crippen LogP contribution in [0.4, 0.5) is 0 Å². The number of aliphatic carboxylic acids is 1. The predicted molar refractivity (Wildman–Crippen MR) is 68.5 cm³/mol. The van der Waals surface area contributed by atoms with E-state index in [4.69, 9.17) is 9.15 Å². The molecule has 0 spiro atoms. The summed E-state index contributed by atoms with van der Waals surface area (Å²) < 4.78 is 11.0. The van der Waals surface area contributed by atoms with Crippen LogP contribution in [-0.2, 0) is 14.3 Å². The monoisotopic (exact) mass is 331 g/mol. The Bertz CT molecular complexity index is 498. The molecule has 19 heavy (non-hydrogen) atoms. The van der Waals surface area contributed by atoms with E-state index in [0.717, 1.165) is 0 Å². The van der Waals surface area contributed by atoms with Gasteiger partial charge in [-0.15, -0.1) is 0 Å². The lowest BCUT2D eigenvalue weighted by atomic mass is 10.0. The average molecular weight is 332 g/mol. The van der Waals surface area contributed by atoms with Crippen LogP contribution in [0.1, 0.15) is 25.6 Å². The van der Waals surface area contributed by atoms with E-state index in [1.165, 1.54) is 4.90 Å². The van der Waals surface area contributed by atoms with Crippen LogP contribution in [0.15, 0.2) is 21.2 Å². The third-order valence-electron chi connectivity index (χ3n) is 2.95. The molecule has 1 aromatic heterocycles. The van der Waals surface area contributed by atoms with Crippen LogP contribution in [0.25, 0.3) is 0 Å². The van der Waals surface area contributed by atoms with Crippen LogP contribution >= 0.6 is 15.9 Å². The topological polar surface area (TPSA) is 80.0 Å². The van der Waals surface area contributed by atoms with Crippen LogP contribution in [0, 0.1) is 0 Å². The zero-order valence-corrected chi connectivity index (χ0v) is 12.1. The fraction of sp³-hybridized carbons (Fsp3) is 0.500. The zero-order valence-electron chi connectivity index (χ0n) is 10.5. The number of carbonyl (C=O) groups excluding carboxylic acids is 1. The van der Waals surface area contributed by atoms with Crippen molar-refractivity contribution in [3.63, 3.8) is 0 Å². The quantitative estimate of drug-likeness (QED) is 0.913. The minimum atomic E-state index is -1.13. The van der Waals surface area contributed by atoms with Crippen LogP contribution in [0.2, 0.25) is 0 Å². The summed E-state index contributed by atoms with van der Waals surface area (Å²) in [6.45, 7) is 3.42. The standard InChI is InChI=1S/C12H14BrNO5/c1-6(2)14-9(15)5-18-11(12(16)17)10(14)7-3-4-8(13)19-7/h3-4,6,10-11H,5H2,1-2H3,(H,16,17). The average Bonchev–Trinajstić information content (AvgIpc) is 2.74. The second-order valence-electron chi connectivity index (χ2n) is 4.55. The number of hydrogen-bond donors (Lipinski definition) is 1. The molecule has 1 fully saturated rings. The summed E-state index contributed by atoms with van der Waals surface area (Å²) >= 11 is 3.17. The van der Waals surface area contributed by atoms with Crippen molar-refractivity contribution >= 4 is 27.8 Å². The molecule has 6 nitrogen and oxygen atoms in total. The molecule has 2 heterocycles. The maximum Gasteiger partial charge on any atom is 0.335 e. The van der Waals surface area contributed by atoms with Gasteiger partial charge in [-0.25, -0.2) is 4.79 Å². The van der Waals surface area contributed by atoms with E-state index in [9.17, 15) is 14.7 Å². The lowest BCUT2D eigenvalue weighted by Gasteiger charge is -2.40. The third kappa shape index (κ3) is 2.66. The van der Waals surface area contributed by atoms with Gasteiger partial charge >= 0.3 is 5.97 Å². The molecule has 0 aliphatic carbocycles. The normalized spacial score (nSPS) is 24.0. The highest BCUT2D eigenvalue weighted by molar-refractivity contribution is 9.10. The number of furan rings is 1. The summed E-state index contributed by atoms with van der Waals surface area (Å²) in [5.74, 6) is -0.971. The van der Waals surface area contributed by atoms with Crippen molar-refractivity contribution in [3.8, 4) is 0 Å². The van der Waals surface area contributed by atoms with Crippen LogP contribution < -0.4 is 0 Å². The van der Waals surface area contributed by atoms with Crippen molar-refractivity contribution in [2.45, 2.75) is 32.0 Å². The smallest absolute Gasteiger partial charge is 0.335 e. The molecule has 104 valence electrons. The number of amides is 1. The highest BCUT2D eigenvalue weighted by Crippen LogP contribution is 2.34. The van der Waals surface area contributed by atoms with E-state index in [1.54, 1.807) is 12.1 Å². The van der Waals surface area contributed by atoms with E-state index >= 15 is 0 Å². The lowest BCUT2D eigenvalue weighted by molar-refractivity contribution is -0.176. The first kappa shape index (κ1) is 14.1. The SMILES string of the molecule is CC(C)N1C(=O)COC(C(=O)O)C1c1ccc(Br)o1. The number of carbonyl (C=O) groups is 2. The minimum Gasteiger partial charge on any atom is -0.479 e. The number of carboxylic acids is 1. The summed E-state index contributed by atoms with van der Waals surface area (Å²) in [7, 11) is 0. The molecule has 1 N–H and O–H groups in total. The molecule has 0 aromatic carbocycles. The Morgan fingerprint density at radius 3 is 2.68 bits per heavy atom. The maximum atomic E-state index is 11.9. The molecule has 1 saturated heterocycles. The van der Waals surface area contributed by atoms with Gasteiger partial charge in [-0.2, -0.15) is 0 Å². The number of carboxylic acid groups (broad SMARTS) is 1. The molecule has 1 aliphatic heterocycles. The third-order valence-corrected chi connectivity index (χ3v) is 3.37. The summed E-state index contributed by atoms with van der Waals surface area (Å²) in [5.41, 5.74) is 0. The Balaban J connectivity index is 2.43. The van der Waals surface area contributed by atoms with E-state index in [1.807, 2.05) is 13.8 Å². The predicted octanol–water partition coefficient (Wildman–Crippen LogP) is 1.80. The molecule has 0 bridgehead atoms. The number of hydrogen-bond acceptors (Lipinski definition) is 4. The van der Waals surface area contributed by atoms with Gasteiger partial charge in [0.25, 0.3) is 0 Å². The first-order valence-corrected chi connectivity index (χ1v) is 6.62. The molecule has 2 atom stereocenters. The summed E-state index contributed by atoms with van der Waals surface area (Å²) in [5, 5.41) is 9.25. The zero-order chi connectivity index (χ0) is 14.2. The Morgan fingerprint density at radius 2 is 2.21 bits per heavy atom. The van der Waals surface area contributed by atoms with E-state index < -0.39 is 18.1 Å². The Hall–Kier alpha value is -1.34. The second kappa shape index (κ2) is 5.34. The molecule has 1 aliphatic rings. The Morgan fingerprint density at radius 1 is 1.53 bits per heavy atom. The number of ether oxygens (including phenoxy) is 1. The Kier molecular flexibility index (Phi) is 3.96. The molecule has 1 aromatic rings. The van der Waals surface area contributed by atoms with Crippen molar-refractivity contribution in [1.82, 2.24) is 4.90 Å². The van der Waals surface area contributed by atoms with Gasteiger partial charge in [0.15, 0.2) is 10.8 Å². The number of rotatable bonds is 3. The van der Waals surface area contributed by atoms with E-state index in [-0.39, 0.29) is 18.6 Å². The van der Waals surface area contributed by atoms with Crippen LogP contribution in [-0.4, -0.2) is 40.6 Å². The lowest BCUT2D eigenvalue weighted by Crippen LogP contribution is -2.54. The highest BCUT2D eigenvalue weighted by atomic mass is 79.9. The first-order chi connectivity index (χ1) is 8.91. The molecular weight excluding hydrogens is 318 g/mol. The van der Waals surface area contributed by atoms with Crippen LogP contribution in [0.3, 0.4) is 0 Å². The van der Waals surface area contributed by atoms with Gasteiger partial charge in [-0.3, -0.25) is 4.79 Å². The van der Waals surface area contributed by atoms with Gasteiger partial charge in [0, 0.05) is 6.04 Å². The van der Waals surface area contributed by atoms with Gasteiger partial charge in [-0.05, 0) is 41.9 Å². The molecule has 0 saturated carbocycles. The first-order valence-electron chi connectivity index (χ1n) is 5.82. The molecule has 1 amide bonds. The van der Waals surface area contributed by atoms with Crippen molar-refractivity contribution < 1.29 is 23.8 Å². The van der Waals surface area contributed by atoms with Crippen molar-refractivity contribution in [1.29, 1.82) is 0 Å². The molecule has 2 rings (SSSR count). The summed E-state index contributed by atoms with van der Waals surface area (Å²) in [6.07, 6.45) is -1.13. The number of nitrogens with zero attached hydrogens (tertiary/aromatic N) is 1. The molecule has 0 radical (unpaired) electrons. The van der Waals surface area contributed by atoms with Gasteiger partial charge in [-0.1, -0.05) is 0 Å². The Labute approximate surface area is 118 Å². The fourth-order valence-electron chi connectivity index (χ4n) is 2.22. The fourth-order valence-corrected chi connectivity index (χ4v) is 2.54. The number of halogens is 1. The largest absolute Gasteiger partial charge is 0.479 e.